The maximum atomic E-state index is 12.8. The fourth-order valence-corrected chi connectivity index (χ4v) is 2.87. The van der Waals surface area contributed by atoms with Gasteiger partial charge < -0.3 is 21.1 Å². The van der Waals surface area contributed by atoms with Crippen molar-refractivity contribution in [2.24, 2.45) is 16.8 Å². The van der Waals surface area contributed by atoms with E-state index in [-0.39, 0.29) is 29.2 Å². The van der Waals surface area contributed by atoms with Crippen molar-refractivity contribution in [3.63, 3.8) is 0 Å². The summed E-state index contributed by atoms with van der Waals surface area (Å²) in [5.41, 5.74) is 6.07. The number of anilines is 1. The normalized spacial score (nSPS) is 12.7. The van der Waals surface area contributed by atoms with Gasteiger partial charge in [-0.15, -0.1) is 0 Å². The molecule has 0 aromatic heterocycles. The van der Waals surface area contributed by atoms with E-state index >= 15 is 0 Å². The fraction of sp³-hybridized carbons (Fsp3) is 0.579. The van der Waals surface area contributed by atoms with Crippen LogP contribution in [0.25, 0.3) is 0 Å². The molecule has 0 aliphatic heterocycles. The topological polar surface area (TPSA) is 119 Å². The molecule has 0 aliphatic rings. The quantitative estimate of drug-likeness (QED) is 0.473. The van der Waals surface area contributed by atoms with Crippen LogP contribution in [0.15, 0.2) is 18.2 Å². The maximum Gasteiger partial charge on any atom is 0.241 e. The lowest BCUT2D eigenvalue weighted by molar-refractivity contribution is -0.119. The van der Waals surface area contributed by atoms with E-state index in [2.05, 4.69) is 24.5 Å². The van der Waals surface area contributed by atoms with Crippen molar-refractivity contribution >= 4 is 28.7 Å². The van der Waals surface area contributed by atoms with Crippen LogP contribution >= 0.6 is 11.9 Å². The molecule has 8 heteroatoms. The molecule has 0 saturated heterocycles. The summed E-state index contributed by atoms with van der Waals surface area (Å²) in [5, 5.41) is 11.3. The number of carbonyl (C=O) groups excluding carboxylic acids is 2. The van der Waals surface area contributed by atoms with Crippen molar-refractivity contribution in [3.05, 3.63) is 23.8 Å². The Bertz CT molecular complexity index is 644. The molecule has 0 radical (unpaired) electrons. The summed E-state index contributed by atoms with van der Waals surface area (Å²) in [7, 11) is 0. The standard InChI is InChI=1S/C19H32N4O3S/c1-12(2)10-15(23-19(3,4)5)17(24)22-13-6-7-16(26-9-8-20)14(11-13)18(25)27-21/h6-7,11-12,15,23H,8-10,20-21H2,1-5H3,(H,22,24). The Morgan fingerprint density at radius 3 is 2.44 bits per heavy atom. The first-order chi connectivity index (χ1) is 12.6. The molecule has 0 fully saturated rings. The van der Waals surface area contributed by atoms with Gasteiger partial charge in [-0.05, 0) is 63.3 Å². The van der Waals surface area contributed by atoms with E-state index in [1.54, 1.807) is 18.2 Å². The third-order valence-electron chi connectivity index (χ3n) is 3.58. The minimum atomic E-state index is -0.346. The summed E-state index contributed by atoms with van der Waals surface area (Å²) >= 11 is 0.600. The Morgan fingerprint density at radius 1 is 1.26 bits per heavy atom. The molecule has 0 heterocycles. The Balaban J connectivity index is 3.03. The molecule has 0 aliphatic carbocycles. The fourth-order valence-electron chi connectivity index (χ4n) is 2.58. The lowest BCUT2D eigenvalue weighted by Crippen LogP contribution is -2.50. The molecule has 27 heavy (non-hydrogen) atoms. The van der Waals surface area contributed by atoms with Gasteiger partial charge in [-0.1, -0.05) is 13.8 Å². The number of benzene rings is 1. The molecular weight excluding hydrogens is 364 g/mol. The van der Waals surface area contributed by atoms with Gasteiger partial charge in [0.05, 0.1) is 11.6 Å². The van der Waals surface area contributed by atoms with Gasteiger partial charge in [0.25, 0.3) is 0 Å². The summed E-state index contributed by atoms with van der Waals surface area (Å²) in [6, 6.07) is 4.57. The minimum absolute atomic E-state index is 0.145. The largest absolute Gasteiger partial charge is 0.491 e. The molecule has 1 atom stereocenters. The van der Waals surface area contributed by atoms with E-state index in [0.717, 1.165) is 0 Å². The van der Waals surface area contributed by atoms with Crippen LogP contribution in [0.1, 0.15) is 51.4 Å². The van der Waals surface area contributed by atoms with Crippen LogP contribution in [0.3, 0.4) is 0 Å². The lowest BCUT2D eigenvalue weighted by atomic mass is 9.99. The first-order valence-corrected chi connectivity index (χ1v) is 9.92. The summed E-state index contributed by atoms with van der Waals surface area (Å²) in [4.78, 5) is 24.9. The smallest absolute Gasteiger partial charge is 0.241 e. The minimum Gasteiger partial charge on any atom is -0.491 e. The van der Waals surface area contributed by atoms with Crippen LogP contribution in [0, 0.1) is 5.92 Å². The number of hydrogen-bond acceptors (Lipinski definition) is 7. The molecule has 0 spiro atoms. The van der Waals surface area contributed by atoms with Crippen molar-refractivity contribution in [3.8, 4) is 5.75 Å². The van der Waals surface area contributed by atoms with Crippen LogP contribution in [0.2, 0.25) is 0 Å². The van der Waals surface area contributed by atoms with E-state index in [1.165, 1.54) is 0 Å². The van der Waals surface area contributed by atoms with Crippen molar-refractivity contribution < 1.29 is 14.3 Å². The Morgan fingerprint density at radius 2 is 1.93 bits per heavy atom. The molecular formula is C19H32N4O3S. The van der Waals surface area contributed by atoms with Gasteiger partial charge in [-0.3, -0.25) is 14.7 Å². The van der Waals surface area contributed by atoms with Crippen molar-refractivity contribution in [2.45, 2.75) is 52.6 Å². The summed E-state index contributed by atoms with van der Waals surface area (Å²) in [6.45, 7) is 10.8. The predicted molar refractivity (Wildman–Crippen MR) is 112 cm³/mol. The second-order valence-corrected chi connectivity index (χ2v) is 8.43. The third kappa shape index (κ3) is 8.30. The third-order valence-corrected chi connectivity index (χ3v) is 4.01. The van der Waals surface area contributed by atoms with Gasteiger partial charge >= 0.3 is 0 Å². The highest BCUT2D eigenvalue weighted by Crippen LogP contribution is 2.26. The van der Waals surface area contributed by atoms with Crippen molar-refractivity contribution in [1.29, 1.82) is 0 Å². The molecule has 6 N–H and O–H groups in total. The average molecular weight is 397 g/mol. The molecule has 1 amide bonds. The van der Waals surface area contributed by atoms with Gasteiger partial charge in [0, 0.05) is 17.8 Å². The number of amides is 1. The summed E-state index contributed by atoms with van der Waals surface area (Å²) in [6.07, 6.45) is 0.700. The summed E-state index contributed by atoms with van der Waals surface area (Å²) < 4.78 is 5.50. The lowest BCUT2D eigenvalue weighted by Gasteiger charge is -2.29. The van der Waals surface area contributed by atoms with E-state index in [9.17, 15) is 9.59 Å². The molecule has 1 unspecified atom stereocenters. The molecule has 1 aromatic carbocycles. The SMILES string of the molecule is CC(C)CC(NC(C)(C)C)C(=O)Nc1ccc(OCCN)c(C(=O)SN)c1. The van der Waals surface area contributed by atoms with Crippen molar-refractivity contribution in [2.75, 3.05) is 18.5 Å². The van der Waals surface area contributed by atoms with Crippen LogP contribution in [-0.4, -0.2) is 35.8 Å². The zero-order valence-corrected chi connectivity index (χ0v) is 17.6. The van der Waals surface area contributed by atoms with E-state index in [4.69, 9.17) is 15.6 Å². The second-order valence-electron chi connectivity index (χ2n) is 7.82. The molecule has 152 valence electrons. The molecule has 0 bridgehead atoms. The van der Waals surface area contributed by atoms with Crippen LogP contribution in [-0.2, 0) is 4.79 Å². The van der Waals surface area contributed by atoms with E-state index in [0.29, 0.717) is 47.8 Å². The number of nitrogens with two attached hydrogens (primary N) is 2. The zero-order chi connectivity index (χ0) is 20.6. The average Bonchev–Trinajstić information content (AvgIpc) is 2.57. The van der Waals surface area contributed by atoms with Gasteiger partial charge in [0.2, 0.25) is 11.0 Å². The molecule has 0 saturated carbocycles. The number of rotatable bonds is 9. The molecule has 7 nitrogen and oxygen atoms in total. The number of ether oxygens (including phenoxy) is 1. The van der Waals surface area contributed by atoms with Gasteiger partial charge in [0.15, 0.2) is 0 Å². The van der Waals surface area contributed by atoms with Crippen LogP contribution in [0.4, 0.5) is 5.69 Å². The Hall–Kier alpha value is -1.61. The van der Waals surface area contributed by atoms with Crippen LogP contribution < -0.4 is 26.2 Å². The van der Waals surface area contributed by atoms with Gasteiger partial charge in [-0.25, -0.2) is 0 Å². The summed E-state index contributed by atoms with van der Waals surface area (Å²) in [5.74, 6) is 0.606. The zero-order valence-electron chi connectivity index (χ0n) is 16.8. The van der Waals surface area contributed by atoms with Gasteiger partial charge in [-0.2, -0.15) is 0 Å². The highest BCUT2D eigenvalue weighted by atomic mass is 32.2. The highest BCUT2D eigenvalue weighted by molar-refractivity contribution is 8.12. The van der Waals surface area contributed by atoms with Crippen LogP contribution in [0.5, 0.6) is 5.75 Å². The molecule has 1 rings (SSSR count). The maximum absolute atomic E-state index is 12.8. The monoisotopic (exact) mass is 396 g/mol. The Kier molecular flexibility index (Phi) is 9.25. The first-order valence-electron chi connectivity index (χ1n) is 9.04. The van der Waals surface area contributed by atoms with E-state index in [1.807, 2.05) is 20.8 Å². The predicted octanol–water partition coefficient (Wildman–Crippen LogP) is 2.51. The van der Waals surface area contributed by atoms with Gasteiger partial charge in [0.1, 0.15) is 12.4 Å². The van der Waals surface area contributed by atoms with E-state index < -0.39 is 0 Å². The molecule has 1 aromatic rings. The Labute approximate surface area is 166 Å². The van der Waals surface area contributed by atoms with Crippen molar-refractivity contribution in [1.82, 2.24) is 5.32 Å². The number of hydrogen-bond donors (Lipinski definition) is 4. The number of carbonyl (C=O) groups is 2. The second kappa shape index (κ2) is 10.7. The number of nitrogens with one attached hydrogen (secondary N) is 2. The first kappa shape index (κ1) is 23.4. The highest BCUT2D eigenvalue weighted by Gasteiger charge is 2.25.